The van der Waals surface area contributed by atoms with Crippen molar-refractivity contribution in [2.45, 2.75) is 36.0 Å². The molecule has 0 bridgehead atoms. The van der Waals surface area contributed by atoms with Gasteiger partial charge in [-0.2, -0.15) is 0 Å². The Bertz CT molecular complexity index is 966. The zero-order chi connectivity index (χ0) is 20.7. The smallest absolute Gasteiger partial charge is 0.220 e. The highest BCUT2D eigenvalue weighted by atomic mass is 32.2. The number of nitrogens with two attached hydrogens (primary N) is 1. The van der Waals surface area contributed by atoms with Gasteiger partial charge in [0, 0.05) is 12.0 Å². The van der Waals surface area contributed by atoms with Crippen molar-refractivity contribution in [3.8, 4) is 5.75 Å². The molecule has 0 spiro atoms. The normalized spacial score (nSPS) is 26.2. The van der Waals surface area contributed by atoms with Crippen LogP contribution in [0.3, 0.4) is 0 Å². The Kier molecular flexibility index (Phi) is 5.75. The van der Waals surface area contributed by atoms with Crippen molar-refractivity contribution >= 4 is 25.6 Å². The van der Waals surface area contributed by atoms with Gasteiger partial charge < -0.3 is 10.5 Å². The van der Waals surface area contributed by atoms with Crippen LogP contribution in [-0.2, 0) is 24.5 Å². The van der Waals surface area contributed by atoms with Crippen LogP contribution in [-0.4, -0.2) is 70.6 Å². The lowest BCUT2D eigenvalue weighted by atomic mass is 9.95. The Balaban J connectivity index is 1.95. The number of sulfone groups is 2. The fourth-order valence-corrected chi connectivity index (χ4v) is 9.19. The molecule has 2 saturated heterocycles. The molecule has 2 aliphatic rings. The molecule has 0 unspecified atom stereocenters. The van der Waals surface area contributed by atoms with Crippen molar-refractivity contribution in [2.24, 2.45) is 11.7 Å². The van der Waals surface area contributed by atoms with Gasteiger partial charge in [-0.15, -0.1) is 0 Å². The summed E-state index contributed by atoms with van der Waals surface area (Å²) in [6.45, 7) is 2.67. The number of methoxy groups -OCH3 is 1. The average Bonchev–Trinajstić information content (AvgIpc) is 2.98. The van der Waals surface area contributed by atoms with Gasteiger partial charge in [-0.1, -0.05) is 6.07 Å². The Morgan fingerprint density at radius 1 is 1.21 bits per heavy atom. The SMILES string of the molecule is COc1ccc(C)cc1S(=O)(=O)[C@H]1CS(=O)(=O)C[C@H]1N1CCC(C(N)=O)CC1. The molecule has 8 nitrogen and oxygen atoms in total. The number of nitrogens with zero attached hydrogens (tertiary/aromatic N) is 1. The summed E-state index contributed by atoms with van der Waals surface area (Å²) in [5.74, 6) is -1.02. The molecule has 0 aromatic heterocycles. The van der Waals surface area contributed by atoms with E-state index in [1.807, 2.05) is 4.90 Å². The molecule has 10 heteroatoms. The van der Waals surface area contributed by atoms with Gasteiger partial charge in [-0.25, -0.2) is 16.8 Å². The number of primary amides is 1. The maximum atomic E-state index is 13.4. The highest BCUT2D eigenvalue weighted by Gasteiger charge is 2.49. The highest BCUT2D eigenvalue weighted by molar-refractivity contribution is 7.96. The molecule has 2 aliphatic heterocycles. The summed E-state index contributed by atoms with van der Waals surface area (Å²) in [6.07, 6.45) is 1.01. The number of rotatable bonds is 5. The molecule has 2 heterocycles. The van der Waals surface area contributed by atoms with Crippen molar-refractivity contribution in [1.82, 2.24) is 4.90 Å². The third-order valence-corrected chi connectivity index (χ3v) is 9.83. The van der Waals surface area contributed by atoms with Crippen LogP contribution in [0.1, 0.15) is 18.4 Å². The molecule has 1 aromatic carbocycles. The van der Waals surface area contributed by atoms with Crippen LogP contribution in [0.25, 0.3) is 0 Å². The Morgan fingerprint density at radius 3 is 2.43 bits per heavy atom. The summed E-state index contributed by atoms with van der Waals surface area (Å²) in [5, 5.41) is -1.07. The van der Waals surface area contributed by atoms with E-state index in [0.717, 1.165) is 5.56 Å². The molecular weight excluding hydrogens is 404 g/mol. The van der Waals surface area contributed by atoms with Gasteiger partial charge in [0.1, 0.15) is 10.6 Å². The molecule has 0 radical (unpaired) electrons. The molecule has 156 valence electrons. The van der Waals surface area contributed by atoms with Crippen LogP contribution in [0.15, 0.2) is 23.1 Å². The van der Waals surface area contributed by atoms with Gasteiger partial charge in [0.2, 0.25) is 5.91 Å². The zero-order valence-corrected chi connectivity index (χ0v) is 17.6. The zero-order valence-electron chi connectivity index (χ0n) is 16.0. The summed E-state index contributed by atoms with van der Waals surface area (Å²) in [6, 6.07) is 4.21. The second kappa shape index (κ2) is 7.64. The van der Waals surface area contributed by atoms with Gasteiger partial charge in [0.15, 0.2) is 19.7 Å². The number of hydrogen-bond donors (Lipinski definition) is 1. The summed E-state index contributed by atoms with van der Waals surface area (Å²) in [7, 11) is -6.05. The van der Waals surface area contributed by atoms with E-state index in [0.29, 0.717) is 25.9 Å². The number of carbonyl (C=O) groups is 1. The first-order valence-corrected chi connectivity index (χ1v) is 12.5. The molecular formula is C18H26N2O6S2. The molecule has 0 aliphatic carbocycles. The third kappa shape index (κ3) is 4.04. The molecule has 1 amide bonds. The van der Waals surface area contributed by atoms with Gasteiger partial charge in [-0.05, 0) is 50.6 Å². The summed E-state index contributed by atoms with van der Waals surface area (Å²) in [5.41, 5.74) is 6.11. The first-order valence-electron chi connectivity index (χ1n) is 9.17. The summed E-state index contributed by atoms with van der Waals surface area (Å²) >= 11 is 0. The number of carbonyl (C=O) groups excluding carboxylic acids is 1. The van der Waals surface area contributed by atoms with Crippen LogP contribution >= 0.6 is 0 Å². The largest absolute Gasteiger partial charge is 0.495 e. The summed E-state index contributed by atoms with van der Waals surface area (Å²) < 4.78 is 56.8. The average molecular weight is 431 g/mol. The summed E-state index contributed by atoms with van der Waals surface area (Å²) in [4.78, 5) is 13.3. The van der Waals surface area contributed by atoms with Crippen LogP contribution in [0.4, 0.5) is 0 Å². The highest BCUT2D eigenvalue weighted by Crippen LogP contribution is 2.35. The predicted octanol–water partition coefficient (Wildman–Crippen LogP) is 0.140. The minimum Gasteiger partial charge on any atom is -0.495 e. The lowest BCUT2D eigenvalue weighted by Gasteiger charge is -2.36. The molecule has 3 rings (SSSR count). The molecule has 2 fully saturated rings. The van der Waals surface area contributed by atoms with E-state index in [-0.39, 0.29) is 28.2 Å². The molecule has 28 heavy (non-hydrogen) atoms. The van der Waals surface area contributed by atoms with E-state index >= 15 is 0 Å². The van der Waals surface area contributed by atoms with Crippen molar-refractivity contribution in [2.75, 3.05) is 31.7 Å². The van der Waals surface area contributed by atoms with Crippen LogP contribution in [0, 0.1) is 12.8 Å². The fraction of sp³-hybridized carbons (Fsp3) is 0.611. The van der Waals surface area contributed by atoms with Crippen molar-refractivity contribution in [3.63, 3.8) is 0 Å². The molecule has 2 N–H and O–H groups in total. The number of aryl methyl sites for hydroxylation is 1. The second-order valence-corrected chi connectivity index (χ2v) is 11.9. The van der Waals surface area contributed by atoms with Gasteiger partial charge >= 0.3 is 0 Å². The lowest BCUT2D eigenvalue weighted by molar-refractivity contribution is -0.123. The first-order chi connectivity index (χ1) is 13.0. The van der Waals surface area contributed by atoms with Crippen molar-refractivity contribution < 1.29 is 26.4 Å². The Hall–Kier alpha value is -1.65. The van der Waals surface area contributed by atoms with E-state index in [4.69, 9.17) is 10.5 Å². The van der Waals surface area contributed by atoms with E-state index in [2.05, 4.69) is 0 Å². The first kappa shape index (κ1) is 21.1. The number of amides is 1. The number of likely N-dealkylation sites (tertiary alicyclic amines) is 1. The monoisotopic (exact) mass is 430 g/mol. The molecule has 2 atom stereocenters. The number of benzene rings is 1. The Morgan fingerprint density at radius 2 is 1.86 bits per heavy atom. The van der Waals surface area contributed by atoms with E-state index in [1.54, 1.807) is 19.1 Å². The van der Waals surface area contributed by atoms with Crippen molar-refractivity contribution in [1.29, 1.82) is 0 Å². The second-order valence-electron chi connectivity index (χ2n) is 7.59. The standard InChI is InChI=1S/C18H26N2O6S2/c1-12-3-4-15(26-2)16(9-12)28(24,25)17-11-27(22,23)10-14(17)20-7-5-13(6-8-20)18(19)21/h3-4,9,13-14,17H,5-8,10-11H2,1-2H3,(H2,19,21)/t14-,17+/m1/s1. The third-order valence-electron chi connectivity index (χ3n) is 5.70. The van der Waals surface area contributed by atoms with Crippen LogP contribution in [0.2, 0.25) is 0 Å². The van der Waals surface area contributed by atoms with E-state index < -0.39 is 36.7 Å². The van der Waals surface area contributed by atoms with E-state index in [1.165, 1.54) is 13.2 Å². The van der Waals surface area contributed by atoms with Crippen LogP contribution < -0.4 is 10.5 Å². The van der Waals surface area contributed by atoms with Gasteiger partial charge in [0.25, 0.3) is 0 Å². The minimum atomic E-state index is -3.94. The number of piperidine rings is 1. The Labute approximate surface area is 165 Å². The van der Waals surface area contributed by atoms with Crippen molar-refractivity contribution in [3.05, 3.63) is 23.8 Å². The fourth-order valence-electron chi connectivity index (χ4n) is 4.12. The minimum absolute atomic E-state index is 0.0223. The maximum absolute atomic E-state index is 13.4. The van der Waals surface area contributed by atoms with Crippen LogP contribution in [0.5, 0.6) is 5.75 Å². The van der Waals surface area contributed by atoms with Gasteiger partial charge in [0.05, 0.1) is 23.9 Å². The predicted molar refractivity (Wildman–Crippen MR) is 105 cm³/mol. The topological polar surface area (TPSA) is 124 Å². The molecule has 0 saturated carbocycles. The quantitative estimate of drug-likeness (QED) is 0.705. The maximum Gasteiger partial charge on any atom is 0.220 e. The lowest BCUT2D eigenvalue weighted by Crippen LogP contribution is -2.50. The number of hydrogen-bond acceptors (Lipinski definition) is 7. The van der Waals surface area contributed by atoms with Gasteiger partial charge in [-0.3, -0.25) is 9.69 Å². The molecule has 1 aromatic rings. The number of ether oxygens (including phenoxy) is 1. The van der Waals surface area contributed by atoms with E-state index in [9.17, 15) is 21.6 Å².